The first-order valence-corrected chi connectivity index (χ1v) is 8.27. The topological polar surface area (TPSA) is 25.8 Å². The second-order valence-corrected chi connectivity index (χ2v) is 9.29. The zero-order valence-corrected chi connectivity index (χ0v) is 10.5. The van der Waals surface area contributed by atoms with Crippen molar-refractivity contribution in [2.45, 2.75) is 19.6 Å². The molecule has 0 aliphatic carbocycles. The Labute approximate surface area is 87.9 Å². The van der Waals surface area contributed by atoms with Crippen molar-refractivity contribution in [2.24, 2.45) is 0 Å². The lowest BCUT2D eigenvalue weighted by atomic mass is 10.5. The molecule has 0 aliphatic heterocycles. The van der Waals surface area contributed by atoms with Crippen molar-refractivity contribution in [2.75, 3.05) is 0 Å². The summed E-state index contributed by atoms with van der Waals surface area (Å²) in [6.07, 6.45) is 3.34. The van der Waals surface area contributed by atoms with E-state index in [-0.39, 0.29) is 0 Å². The standard InChI is InChI=1S/C9H11BrN2Si/c1-13(2,3)5-4-8-6-12-9(10)7-11-8/h6-7H,1-3H3. The van der Waals surface area contributed by atoms with Crippen LogP contribution in [-0.2, 0) is 0 Å². The second kappa shape index (κ2) is 4.03. The van der Waals surface area contributed by atoms with E-state index in [0.717, 1.165) is 10.3 Å². The van der Waals surface area contributed by atoms with Gasteiger partial charge in [0.05, 0.1) is 12.4 Å². The predicted octanol–water partition coefficient (Wildman–Crippen LogP) is 2.47. The van der Waals surface area contributed by atoms with Crippen LogP contribution in [-0.4, -0.2) is 18.0 Å². The lowest BCUT2D eigenvalue weighted by Crippen LogP contribution is -2.16. The molecule has 0 unspecified atom stereocenters. The molecular formula is C9H11BrN2Si. The highest BCUT2D eigenvalue weighted by molar-refractivity contribution is 9.10. The normalized spacial score (nSPS) is 10.5. The Bertz CT molecular complexity index is 343. The smallest absolute Gasteiger partial charge is 0.130 e. The van der Waals surface area contributed by atoms with E-state index in [1.807, 2.05) is 0 Å². The first-order valence-electron chi connectivity index (χ1n) is 3.98. The molecule has 0 saturated carbocycles. The van der Waals surface area contributed by atoms with Crippen LogP contribution < -0.4 is 0 Å². The van der Waals surface area contributed by atoms with Gasteiger partial charge in [-0.3, -0.25) is 0 Å². The molecule has 1 aromatic rings. The van der Waals surface area contributed by atoms with E-state index in [2.05, 4.69) is 57.0 Å². The molecule has 68 valence electrons. The molecule has 0 aromatic carbocycles. The van der Waals surface area contributed by atoms with Gasteiger partial charge in [0, 0.05) is 0 Å². The average molecular weight is 255 g/mol. The molecule has 4 heteroatoms. The third-order valence-electron chi connectivity index (χ3n) is 1.19. The molecule has 0 atom stereocenters. The van der Waals surface area contributed by atoms with Crippen LogP contribution in [0.5, 0.6) is 0 Å². The average Bonchev–Trinajstić information content (AvgIpc) is 2.02. The summed E-state index contributed by atoms with van der Waals surface area (Å²) >= 11 is 3.22. The van der Waals surface area contributed by atoms with Crippen molar-refractivity contribution in [3.63, 3.8) is 0 Å². The molecule has 0 fully saturated rings. The molecule has 2 nitrogen and oxygen atoms in total. The summed E-state index contributed by atoms with van der Waals surface area (Å²) in [6, 6.07) is 0. The van der Waals surface area contributed by atoms with Crippen LogP contribution in [0.3, 0.4) is 0 Å². The third-order valence-corrected chi connectivity index (χ3v) is 2.47. The summed E-state index contributed by atoms with van der Waals surface area (Å²) in [6.45, 7) is 6.60. The van der Waals surface area contributed by atoms with Crippen LogP contribution in [0, 0.1) is 11.5 Å². The number of hydrogen-bond donors (Lipinski definition) is 0. The minimum absolute atomic E-state index is 0.741. The Morgan fingerprint density at radius 1 is 1.23 bits per heavy atom. The highest BCUT2D eigenvalue weighted by atomic mass is 79.9. The molecule has 1 aromatic heterocycles. The lowest BCUT2D eigenvalue weighted by molar-refractivity contribution is 1.14. The number of hydrogen-bond acceptors (Lipinski definition) is 2. The van der Waals surface area contributed by atoms with Crippen molar-refractivity contribution in [3.05, 3.63) is 22.7 Å². The quantitative estimate of drug-likeness (QED) is 0.525. The Kier molecular flexibility index (Phi) is 3.23. The molecule has 0 aliphatic rings. The summed E-state index contributed by atoms with van der Waals surface area (Å²) in [5, 5.41) is 0. The second-order valence-electron chi connectivity index (χ2n) is 3.72. The molecule has 0 bridgehead atoms. The molecule has 1 heterocycles. The fourth-order valence-corrected chi connectivity index (χ4v) is 1.34. The fraction of sp³-hybridized carbons (Fsp3) is 0.333. The molecule has 0 saturated heterocycles. The highest BCUT2D eigenvalue weighted by Gasteiger charge is 2.07. The van der Waals surface area contributed by atoms with E-state index in [0.29, 0.717) is 0 Å². The SMILES string of the molecule is C[Si](C)(C)C#Cc1cnc(Br)cn1. The van der Waals surface area contributed by atoms with Gasteiger partial charge in [0.15, 0.2) is 0 Å². The van der Waals surface area contributed by atoms with Crippen molar-refractivity contribution in [1.82, 2.24) is 9.97 Å². The summed E-state index contributed by atoms with van der Waals surface area (Å²) in [4.78, 5) is 8.17. The zero-order chi connectivity index (χ0) is 9.90. The van der Waals surface area contributed by atoms with Crippen molar-refractivity contribution in [1.29, 1.82) is 0 Å². The summed E-state index contributed by atoms with van der Waals surface area (Å²) in [5.41, 5.74) is 3.97. The Morgan fingerprint density at radius 3 is 2.38 bits per heavy atom. The molecular weight excluding hydrogens is 244 g/mol. The monoisotopic (exact) mass is 254 g/mol. The molecule has 0 amide bonds. The van der Waals surface area contributed by atoms with Gasteiger partial charge >= 0.3 is 0 Å². The van der Waals surface area contributed by atoms with Gasteiger partial charge in [-0.1, -0.05) is 25.6 Å². The Morgan fingerprint density at radius 2 is 1.92 bits per heavy atom. The van der Waals surface area contributed by atoms with Gasteiger partial charge in [-0.25, -0.2) is 9.97 Å². The highest BCUT2D eigenvalue weighted by Crippen LogP contribution is 2.02. The van der Waals surface area contributed by atoms with Gasteiger partial charge in [-0.05, 0) is 15.9 Å². The molecule has 0 N–H and O–H groups in total. The van der Waals surface area contributed by atoms with Crippen molar-refractivity contribution >= 4 is 24.0 Å². The van der Waals surface area contributed by atoms with Crippen LogP contribution in [0.4, 0.5) is 0 Å². The predicted molar refractivity (Wildman–Crippen MR) is 60.0 cm³/mol. The van der Waals surface area contributed by atoms with Gasteiger partial charge in [0.25, 0.3) is 0 Å². The van der Waals surface area contributed by atoms with Gasteiger partial charge in [0.2, 0.25) is 0 Å². The Balaban J connectivity index is 2.85. The maximum absolute atomic E-state index is 4.12. The first kappa shape index (κ1) is 10.4. The maximum atomic E-state index is 4.12. The van der Waals surface area contributed by atoms with E-state index >= 15 is 0 Å². The lowest BCUT2D eigenvalue weighted by Gasteiger charge is -2.02. The minimum atomic E-state index is -1.29. The van der Waals surface area contributed by atoms with Crippen LogP contribution in [0.15, 0.2) is 17.0 Å². The maximum Gasteiger partial charge on any atom is 0.130 e. The molecule has 0 radical (unpaired) electrons. The number of rotatable bonds is 0. The van der Waals surface area contributed by atoms with Gasteiger partial charge in [-0.2, -0.15) is 0 Å². The van der Waals surface area contributed by atoms with Gasteiger partial charge in [-0.15, -0.1) is 5.54 Å². The number of halogens is 1. The van der Waals surface area contributed by atoms with Gasteiger partial charge < -0.3 is 0 Å². The van der Waals surface area contributed by atoms with Crippen molar-refractivity contribution < 1.29 is 0 Å². The molecule has 1 rings (SSSR count). The van der Waals surface area contributed by atoms with E-state index in [4.69, 9.17) is 0 Å². The fourth-order valence-electron chi connectivity index (χ4n) is 0.628. The third kappa shape index (κ3) is 4.20. The summed E-state index contributed by atoms with van der Waals surface area (Å²) in [5.74, 6) is 3.03. The van der Waals surface area contributed by atoms with E-state index in [9.17, 15) is 0 Å². The van der Waals surface area contributed by atoms with E-state index in [1.165, 1.54) is 0 Å². The van der Waals surface area contributed by atoms with Crippen LogP contribution in [0.25, 0.3) is 0 Å². The largest absolute Gasteiger partial charge is 0.245 e. The van der Waals surface area contributed by atoms with Gasteiger partial charge in [0.1, 0.15) is 18.4 Å². The van der Waals surface area contributed by atoms with Crippen molar-refractivity contribution in [3.8, 4) is 11.5 Å². The summed E-state index contributed by atoms with van der Waals surface area (Å²) < 4.78 is 0.742. The van der Waals surface area contributed by atoms with E-state index in [1.54, 1.807) is 12.4 Å². The van der Waals surface area contributed by atoms with Crippen LogP contribution in [0.1, 0.15) is 5.69 Å². The Hall–Kier alpha value is -0.663. The number of nitrogens with zero attached hydrogens (tertiary/aromatic N) is 2. The molecule has 0 spiro atoms. The molecule has 13 heavy (non-hydrogen) atoms. The first-order chi connectivity index (χ1) is 5.97. The minimum Gasteiger partial charge on any atom is -0.245 e. The van der Waals surface area contributed by atoms with E-state index < -0.39 is 8.07 Å². The van der Waals surface area contributed by atoms with Crippen LogP contribution >= 0.6 is 15.9 Å². The number of aromatic nitrogens is 2. The van der Waals surface area contributed by atoms with Crippen LogP contribution in [0.2, 0.25) is 19.6 Å². The zero-order valence-electron chi connectivity index (χ0n) is 7.93. The summed E-state index contributed by atoms with van der Waals surface area (Å²) in [7, 11) is -1.29.